The molecule has 0 fully saturated rings. The van der Waals surface area contributed by atoms with Gasteiger partial charge in [-0.2, -0.15) is 0 Å². The first-order chi connectivity index (χ1) is 17.3. The maximum Gasteiger partial charge on any atom is 0.306 e. The summed E-state index contributed by atoms with van der Waals surface area (Å²) in [5.41, 5.74) is 2.83. The number of ether oxygens (including phenoxy) is 1. The largest absolute Gasteiger partial charge is 0.466 e. The highest BCUT2D eigenvalue weighted by atomic mass is 31.2. The van der Waals surface area contributed by atoms with Crippen LogP contribution in [0.25, 0.3) is 0 Å². The van der Waals surface area contributed by atoms with E-state index in [1.807, 2.05) is 39.0 Å². The summed E-state index contributed by atoms with van der Waals surface area (Å²) in [7, 11) is -3.52. The first kappa shape index (κ1) is 30.0. The molecule has 0 amide bonds. The molecule has 0 heterocycles. The maximum atomic E-state index is 14.2. The molecule has 5 heteroatoms. The molecule has 0 aromatic heterocycles. The first-order valence-corrected chi connectivity index (χ1v) is 15.6. The van der Waals surface area contributed by atoms with E-state index in [0.717, 1.165) is 36.0 Å². The van der Waals surface area contributed by atoms with Gasteiger partial charge in [0.2, 0.25) is 5.52 Å². The normalized spacial score (nSPS) is 12.8. The van der Waals surface area contributed by atoms with Crippen molar-refractivity contribution in [3.63, 3.8) is 0 Å². The van der Waals surface area contributed by atoms with Gasteiger partial charge in [0.15, 0.2) is 7.14 Å². The van der Waals surface area contributed by atoms with Crippen molar-refractivity contribution in [2.24, 2.45) is 0 Å². The van der Waals surface area contributed by atoms with Crippen molar-refractivity contribution in [1.82, 2.24) is 0 Å². The van der Waals surface area contributed by atoms with Crippen LogP contribution in [0.2, 0.25) is 0 Å². The van der Waals surface area contributed by atoms with Crippen molar-refractivity contribution >= 4 is 23.9 Å². The number of benzene rings is 2. The van der Waals surface area contributed by atoms with Gasteiger partial charge in [0.1, 0.15) is 0 Å². The van der Waals surface area contributed by atoms with E-state index in [2.05, 4.69) is 6.92 Å². The molecule has 0 saturated heterocycles. The summed E-state index contributed by atoms with van der Waals surface area (Å²) in [6.45, 7) is 8.36. The summed E-state index contributed by atoms with van der Waals surface area (Å²) in [5.74, 6) is -0.382. The van der Waals surface area contributed by atoms with Crippen LogP contribution in [-0.4, -0.2) is 24.3 Å². The van der Waals surface area contributed by atoms with Crippen molar-refractivity contribution in [1.29, 1.82) is 0 Å². The Hall–Kier alpha value is -2.19. The van der Waals surface area contributed by atoms with E-state index in [1.165, 1.54) is 44.9 Å². The summed E-state index contributed by atoms with van der Waals surface area (Å²) in [6, 6.07) is 12.7. The molecule has 198 valence electrons. The third-order valence-electron chi connectivity index (χ3n) is 6.78. The molecule has 0 saturated carbocycles. The second-order valence-corrected chi connectivity index (χ2v) is 12.9. The SMILES string of the molecule is CCCCCCCCCCCCOC(=O)CCP(=O)(C(=O)c1c(C)cc(C)cc1C)c1ccccc1. The van der Waals surface area contributed by atoms with Gasteiger partial charge in [-0.05, 0) is 38.3 Å². The highest BCUT2D eigenvalue weighted by Gasteiger charge is 2.36. The van der Waals surface area contributed by atoms with Gasteiger partial charge in [0, 0.05) is 17.0 Å². The van der Waals surface area contributed by atoms with Crippen LogP contribution in [0.15, 0.2) is 42.5 Å². The number of carbonyl (C=O) groups is 2. The molecule has 0 aliphatic heterocycles. The fourth-order valence-corrected chi connectivity index (χ4v) is 7.37. The minimum absolute atomic E-state index is 0.0144. The number of hydrogen-bond acceptors (Lipinski definition) is 4. The van der Waals surface area contributed by atoms with E-state index in [9.17, 15) is 14.2 Å². The molecular weight excluding hydrogens is 467 g/mol. The van der Waals surface area contributed by atoms with Crippen LogP contribution in [0.4, 0.5) is 0 Å². The molecule has 1 unspecified atom stereocenters. The third-order valence-corrected chi connectivity index (χ3v) is 9.65. The number of aryl methyl sites for hydroxylation is 3. The highest BCUT2D eigenvalue weighted by molar-refractivity contribution is 7.87. The predicted octanol–water partition coefficient (Wildman–Crippen LogP) is 8.29. The molecule has 0 bridgehead atoms. The van der Waals surface area contributed by atoms with Crippen LogP contribution in [0.3, 0.4) is 0 Å². The van der Waals surface area contributed by atoms with Gasteiger partial charge in [-0.1, -0.05) is 113 Å². The zero-order valence-corrected chi connectivity index (χ0v) is 23.7. The topological polar surface area (TPSA) is 60.4 Å². The van der Waals surface area contributed by atoms with Crippen molar-refractivity contribution in [2.75, 3.05) is 12.8 Å². The van der Waals surface area contributed by atoms with Gasteiger partial charge >= 0.3 is 5.97 Å². The molecule has 0 spiro atoms. The van der Waals surface area contributed by atoms with Crippen LogP contribution in [0, 0.1) is 20.8 Å². The number of carbonyl (C=O) groups excluding carboxylic acids is 2. The fraction of sp³-hybridized carbons (Fsp3) is 0.548. The number of esters is 1. The lowest BCUT2D eigenvalue weighted by atomic mass is 10.0. The fourth-order valence-electron chi connectivity index (χ4n) is 4.81. The van der Waals surface area contributed by atoms with E-state index >= 15 is 0 Å². The second kappa shape index (κ2) is 15.8. The Morgan fingerprint density at radius 1 is 0.778 bits per heavy atom. The average molecular weight is 513 g/mol. The molecule has 0 N–H and O–H groups in total. The van der Waals surface area contributed by atoms with Gasteiger partial charge in [-0.3, -0.25) is 9.59 Å². The molecule has 0 aliphatic carbocycles. The van der Waals surface area contributed by atoms with Gasteiger partial charge in [-0.25, -0.2) is 0 Å². The quantitative estimate of drug-likeness (QED) is 0.121. The second-order valence-electron chi connectivity index (χ2n) is 10.0. The molecule has 4 nitrogen and oxygen atoms in total. The zero-order chi connectivity index (χ0) is 26.4. The maximum absolute atomic E-state index is 14.2. The standard InChI is InChI=1S/C31H45O4P/c1-5-6-7-8-9-10-11-12-13-17-21-35-29(32)20-22-36(34,28-18-15-14-16-19-28)31(33)30-26(3)23-25(2)24-27(30)4/h14-16,18-19,23-24H,5-13,17,20-22H2,1-4H3. The minimum Gasteiger partial charge on any atom is -0.466 e. The van der Waals surface area contributed by atoms with E-state index in [1.54, 1.807) is 24.3 Å². The first-order valence-electron chi connectivity index (χ1n) is 13.7. The average Bonchev–Trinajstić information content (AvgIpc) is 2.85. The Morgan fingerprint density at radius 2 is 1.31 bits per heavy atom. The van der Waals surface area contributed by atoms with Crippen molar-refractivity contribution < 1.29 is 18.9 Å². The summed E-state index contributed by atoms with van der Waals surface area (Å²) >= 11 is 0. The molecule has 2 aromatic rings. The Morgan fingerprint density at radius 3 is 1.86 bits per heavy atom. The molecule has 0 aliphatic rings. The van der Waals surface area contributed by atoms with Crippen molar-refractivity contribution in [3.05, 3.63) is 64.7 Å². The Labute approximate surface area is 218 Å². The Balaban J connectivity index is 1.88. The van der Waals surface area contributed by atoms with Gasteiger partial charge in [0.25, 0.3) is 0 Å². The van der Waals surface area contributed by atoms with E-state index < -0.39 is 7.14 Å². The zero-order valence-electron chi connectivity index (χ0n) is 22.8. The van der Waals surface area contributed by atoms with Crippen molar-refractivity contribution in [3.8, 4) is 0 Å². The lowest BCUT2D eigenvalue weighted by Crippen LogP contribution is -2.20. The van der Waals surface area contributed by atoms with Gasteiger partial charge in [0.05, 0.1) is 13.0 Å². The summed E-state index contributed by atoms with van der Waals surface area (Å²) in [6.07, 6.45) is 12.2. The summed E-state index contributed by atoms with van der Waals surface area (Å²) in [4.78, 5) is 26.1. The molecule has 2 aromatic carbocycles. The molecule has 2 rings (SSSR count). The van der Waals surface area contributed by atoms with Crippen LogP contribution < -0.4 is 5.30 Å². The lowest BCUT2D eigenvalue weighted by molar-refractivity contribution is -0.143. The Kier molecular flexibility index (Phi) is 13.2. The van der Waals surface area contributed by atoms with E-state index in [-0.39, 0.29) is 24.1 Å². The Bertz CT molecular complexity index is 989. The number of unbranched alkanes of at least 4 members (excludes halogenated alkanes) is 9. The number of hydrogen-bond donors (Lipinski definition) is 0. The van der Waals surface area contributed by atoms with E-state index in [0.29, 0.717) is 17.5 Å². The molecular formula is C31H45O4P. The van der Waals surface area contributed by atoms with Crippen LogP contribution in [0.5, 0.6) is 0 Å². The minimum atomic E-state index is -3.52. The lowest BCUT2D eigenvalue weighted by Gasteiger charge is -2.20. The summed E-state index contributed by atoms with van der Waals surface area (Å²) in [5, 5.41) is 0.497. The third kappa shape index (κ3) is 9.36. The van der Waals surface area contributed by atoms with Crippen molar-refractivity contribution in [2.45, 2.75) is 98.3 Å². The monoisotopic (exact) mass is 512 g/mol. The molecule has 36 heavy (non-hydrogen) atoms. The van der Waals surface area contributed by atoms with Gasteiger partial charge < -0.3 is 9.30 Å². The number of rotatable bonds is 17. The van der Waals surface area contributed by atoms with Crippen LogP contribution >= 0.6 is 7.14 Å². The smallest absolute Gasteiger partial charge is 0.306 e. The van der Waals surface area contributed by atoms with Gasteiger partial charge in [-0.15, -0.1) is 0 Å². The summed E-state index contributed by atoms with van der Waals surface area (Å²) < 4.78 is 19.6. The predicted molar refractivity (Wildman–Crippen MR) is 151 cm³/mol. The molecule has 1 atom stereocenters. The van der Waals surface area contributed by atoms with Crippen LogP contribution in [0.1, 0.15) is 105 Å². The van der Waals surface area contributed by atoms with E-state index in [4.69, 9.17) is 4.74 Å². The molecule has 0 radical (unpaired) electrons. The van der Waals surface area contributed by atoms with Crippen LogP contribution in [-0.2, 0) is 14.1 Å². The highest BCUT2D eigenvalue weighted by Crippen LogP contribution is 2.49.